The third kappa shape index (κ3) is 4.80. The van der Waals surface area contributed by atoms with Crippen LogP contribution in [-0.2, 0) is 20.4 Å². The summed E-state index contributed by atoms with van der Waals surface area (Å²) in [5, 5.41) is 0. The van der Waals surface area contributed by atoms with Crippen LogP contribution in [0.2, 0.25) is 6.32 Å². The lowest BCUT2D eigenvalue weighted by atomic mass is 9.71. The van der Waals surface area contributed by atoms with Crippen LogP contribution in [-0.4, -0.2) is 26.6 Å². The van der Waals surface area contributed by atoms with E-state index in [4.69, 9.17) is 14.0 Å². The van der Waals surface area contributed by atoms with Gasteiger partial charge in [0.05, 0.1) is 0 Å². The second-order valence-corrected chi connectivity index (χ2v) is 4.18. The molecule has 0 saturated heterocycles. The molecule has 0 heterocycles. The van der Waals surface area contributed by atoms with Gasteiger partial charge in [0, 0.05) is 0 Å². The number of rotatable bonds is 9. The van der Waals surface area contributed by atoms with Crippen LogP contribution in [0.15, 0.2) is 30.3 Å². The highest BCUT2D eigenvalue weighted by atomic mass is 16.7. The van der Waals surface area contributed by atoms with Gasteiger partial charge in [0.25, 0.3) is 0 Å². The molecule has 0 spiro atoms. The SMILES string of the molecule is CCO[B-](CCc1ccccc1)(OCC)OCC. The summed E-state index contributed by atoms with van der Waals surface area (Å²) in [7, 11) is 0. The Morgan fingerprint density at radius 3 is 1.78 bits per heavy atom. The minimum Gasteiger partial charge on any atom is -0.545 e. The van der Waals surface area contributed by atoms with E-state index in [1.807, 2.05) is 39.0 Å². The van der Waals surface area contributed by atoms with Gasteiger partial charge in [0.1, 0.15) is 0 Å². The van der Waals surface area contributed by atoms with Gasteiger partial charge in [0.15, 0.2) is 0 Å². The first-order chi connectivity index (χ1) is 8.76. The summed E-state index contributed by atoms with van der Waals surface area (Å²) < 4.78 is 17.3. The van der Waals surface area contributed by atoms with Gasteiger partial charge >= 0.3 is 6.75 Å². The number of hydrogen-bond acceptors (Lipinski definition) is 3. The van der Waals surface area contributed by atoms with Crippen LogP contribution in [0.25, 0.3) is 0 Å². The van der Waals surface area contributed by atoms with Gasteiger partial charge in [-0.2, -0.15) is 0 Å². The highest BCUT2D eigenvalue weighted by Gasteiger charge is 2.27. The molecule has 0 atom stereocenters. The third-order valence-electron chi connectivity index (χ3n) is 2.89. The van der Waals surface area contributed by atoms with Gasteiger partial charge in [-0.25, -0.2) is 0 Å². The van der Waals surface area contributed by atoms with Gasteiger partial charge in [0.2, 0.25) is 0 Å². The highest BCUT2D eigenvalue weighted by molar-refractivity contribution is 6.60. The molecule has 4 heteroatoms. The fourth-order valence-corrected chi connectivity index (χ4v) is 2.14. The summed E-state index contributed by atoms with van der Waals surface area (Å²) in [6.07, 6.45) is 1.67. The minimum atomic E-state index is -1.61. The van der Waals surface area contributed by atoms with Crippen molar-refractivity contribution in [1.29, 1.82) is 0 Å². The van der Waals surface area contributed by atoms with E-state index in [-0.39, 0.29) is 0 Å². The molecule has 0 aliphatic heterocycles. The molecule has 0 fully saturated rings. The first kappa shape index (κ1) is 15.2. The van der Waals surface area contributed by atoms with Crippen molar-refractivity contribution in [2.45, 2.75) is 33.5 Å². The number of benzene rings is 1. The Hall–Kier alpha value is -0.835. The normalized spacial score (nSPS) is 11.7. The standard InChI is InChI=1S/C14H24BO3/c1-4-16-15(17-5-2,18-6-3)13-12-14-10-8-7-9-11-14/h7-11H,4-6,12-13H2,1-3H3/q-1. The van der Waals surface area contributed by atoms with E-state index in [1.54, 1.807) is 0 Å². The molecule has 0 bridgehead atoms. The zero-order valence-electron chi connectivity index (χ0n) is 11.7. The summed E-state index contributed by atoms with van der Waals surface area (Å²) in [4.78, 5) is 0. The van der Waals surface area contributed by atoms with Crippen molar-refractivity contribution in [2.75, 3.05) is 19.8 Å². The van der Waals surface area contributed by atoms with E-state index in [0.717, 1.165) is 12.7 Å². The molecule has 1 rings (SSSR count). The Kier molecular flexibility index (Phi) is 7.02. The van der Waals surface area contributed by atoms with E-state index in [1.165, 1.54) is 5.56 Å². The molecule has 0 N–H and O–H groups in total. The van der Waals surface area contributed by atoms with Crippen LogP contribution < -0.4 is 0 Å². The van der Waals surface area contributed by atoms with Gasteiger partial charge in [-0.3, -0.25) is 0 Å². The topological polar surface area (TPSA) is 27.7 Å². The number of aryl methyl sites for hydroxylation is 1. The van der Waals surface area contributed by atoms with Crippen molar-refractivity contribution in [2.24, 2.45) is 0 Å². The molecular weight excluding hydrogens is 227 g/mol. The molecule has 0 aliphatic carbocycles. The first-order valence-corrected chi connectivity index (χ1v) is 6.87. The Bertz CT molecular complexity index is 299. The summed E-state index contributed by atoms with van der Waals surface area (Å²) >= 11 is 0. The quantitative estimate of drug-likeness (QED) is 0.630. The Morgan fingerprint density at radius 1 is 0.833 bits per heavy atom. The van der Waals surface area contributed by atoms with Gasteiger partial charge in [-0.1, -0.05) is 48.6 Å². The van der Waals surface area contributed by atoms with Crippen LogP contribution in [0.3, 0.4) is 0 Å². The zero-order valence-corrected chi connectivity index (χ0v) is 11.7. The van der Waals surface area contributed by atoms with Crippen LogP contribution in [0.1, 0.15) is 26.3 Å². The second-order valence-electron chi connectivity index (χ2n) is 4.18. The molecule has 102 valence electrons. The smallest absolute Gasteiger partial charge is 0.379 e. The molecule has 1 aromatic carbocycles. The molecular formula is C14H24BO3-. The van der Waals surface area contributed by atoms with Crippen LogP contribution in [0, 0.1) is 0 Å². The van der Waals surface area contributed by atoms with Gasteiger partial charge in [-0.15, -0.1) is 0 Å². The van der Waals surface area contributed by atoms with Crippen molar-refractivity contribution in [1.82, 2.24) is 0 Å². The maximum absolute atomic E-state index is 5.75. The average Bonchev–Trinajstić information content (AvgIpc) is 2.39. The second kappa shape index (κ2) is 8.30. The van der Waals surface area contributed by atoms with Crippen molar-refractivity contribution < 1.29 is 14.0 Å². The zero-order chi connectivity index (χ0) is 13.3. The van der Waals surface area contributed by atoms with Crippen molar-refractivity contribution in [3.8, 4) is 0 Å². The fraction of sp³-hybridized carbons (Fsp3) is 0.571. The van der Waals surface area contributed by atoms with E-state index in [0.29, 0.717) is 19.8 Å². The van der Waals surface area contributed by atoms with E-state index >= 15 is 0 Å². The average molecular weight is 251 g/mol. The summed E-state index contributed by atoms with van der Waals surface area (Å²) in [6.45, 7) is 6.12. The number of hydrogen-bond donors (Lipinski definition) is 0. The van der Waals surface area contributed by atoms with Crippen molar-refractivity contribution in [3.05, 3.63) is 35.9 Å². The van der Waals surface area contributed by atoms with E-state index in [2.05, 4.69) is 12.1 Å². The maximum atomic E-state index is 5.75. The first-order valence-electron chi connectivity index (χ1n) is 6.87. The molecule has 1 aromatic rings. The van der Waals surface area contributed by atoms with Gasteiger partial charge < -0.3 is 14.0 Å². The van der Waals surface area contributed by atoms with E-state index in [9.17, 15) is 0 Å². The third-order valence-corrected chi connectivity index (χ3v) is 2.89. The van der Waals surface area contributed by atoms with E-state index < -0.39 is 6.75 Å². The van der Waals surface area contributed by atoms with Crippen molar-refractivity contribution in [3.63, 3.8) is 0 Å². The molecule has 0 unspecified atom stereocenters. The predicted molar refractivity (Wildman–Crippen MR) is 75.6 cm³/mol. The summed E-state index contributed by atoms with van der Waals surface area (Å²) in [6, 6.07) is 10.4. The molecule has 0 aliphatic rings. The van der Waals surface area contributed by atoms with Gasteiger partial charge in [-0.05, 0) is 40.6 Å². The molecule has 0 saturated carbocycles. The predicted octanol–water partition coefficient (Wildman–Crippen LogP) is 3.28. The molecule has 0 amide bonds. The summed E-state index contributed by atoms with van der Waals surface area (Å²) in [5.74, 6) is 0. The van der Waals surface area contributed by atoms with Crippen LogP contribution in [0.5, 0.6) is 0 Å². The van der Waals surface area contributed by atoms with Crippen molar-refractivity contribution >= 4 is 6.75 Å². The van der Waals surface area contributed by atoms with Crippen LogP contribution >= 0.6 is 0 Å². The fourth-order valence-electron chi connectivity index (χ4n) is 2.14. The lowest BCUT2D eigenvalue weighted by molar-refractivity contribution is 0.0714. The molecule has 0 radical (unpaired) electrons. The highest BCUT2D eigenvalue weighted by Crippen LogP contribution is 2.19. The Morgan fingerprint density at radius 2 is 1.33 bits per heavy atom. The molecule has 0 aromatic heterocycles. The van der Waals surface area contributed by atoms with Crippen LogP contribution in [0.4, 0.5) is 0 Å². The monoisotopic (exact) mass is 251 g/mol. The molecule has 18 heavy (non-hydrogen) atoms. The lowest BCUT2D eigenvalue weighted by Crippen LogP contribution is -2.46. The Balaban J connectivity index is 2.64. The Labute approximate surface area is 110 Å². The maximum Gasteiger partial charge on any atom is 0.379 e. The minimum absolute atomic E-state index is 0.606. The summed E-state index contributed by atoms with van der Waals surface area (Å²) in [5.41, 5.74) is 1.28. The largest absolute Gasteiger partial charge is 0.545 e. The lowest BCUT2D eigenvalue weighted by Gasteiger charge is -2.40. The molecule has 3 nitrogen and oxygen atoms in total.